The number of aromatic nitrogens is 2. The van der Waals surface area contributed by atoms with E-state index < -0.39 is 6.10 Å². The highest BCUT2D eigenvalue weighted by Gasteiger charge is 2.20. The number of rotatable bonds is 10. The summed E-state index contributed by atoms with van der Waals surface area (Å²) in [5.41, 5.74) is 3.33. The smallest absolute Gasteiger partial charge is 0.264 e. The molecule has 35 heavy (non-hydrogen) atoms. The van der Waals surface area contributed by atoms with Crippen LogP contribution in [0.2, 0.25) is 0 Å². The monoisotopic (exact) mass is 492 g/mol. The number of aliphatic hydroxyl groups excluding tert-OH is 1. The van der Waals surface area contributed by atoms with Gasteiger partial charge in [0, 0.05) is 30.8 Å². The third-order valence-corrected chi connectivity index (χ3v) is 7.42. The van der Waals surface area contributed by atoms with E-state index in [2.05, 4.69) is 22.2 Å². The van der Waals surface area contributed by atoms with Crippen molar-refractivity contribution in [3.63, 3.8) is 0 Å². The second-order valence-corrected chi connectivity index (χ2v) is 9.92. The van der Waals surface area contributed by atoms with E-state index in [-0.39, 0.29) is 24.1 Å². The number of hydrogen-bond acceptors (Lipinski definition) is 6. The quantitative estimate of drug-likeness (QED) is 0.402. The fourth-order valence-electron chi connectivity index (χ4n) is 4.30. The minimum Gasteiger partial charge on any atom is -0.387 e. The highest BCUT2D eigenvalue weighted by molar-refractivity contribution is 7.99. The minimum atomic E-state index is -0.550. The van der Waals surface area contributed by atoms with Gasteiger partial charge in [-0.15, -0.1) is 11.8 Å². The number of nitrogens with zero attached hydrogens (tertiary/aromatic N) is 2. The summed E-state index contributed by atoms with van der Waals surface area (Å²) >= 11 is 1.53. The van der Waals surface area contributed by atoms with Crippen molar-refractivity contribution >= 4 is 17.7 Å². The van der Waals surface area contributed by atoms with Crippen LogP contribution in [0.3, 0.4) is 0 Å². The zero-order valence-electron chi connectivity index (χ0n) is 20.2. The van der Waals surface area contributed by atoms with Crippen molar-refractivity contribution in [1.82, 2.24) is 20.2 Å². The lowest BCUT2D eigenvalue weighted by Gasteiger charge is -2.23. The summed E-state index contributed by atoms with van der Waals surface area (Å²) in [5, 5.41) is 14.1. The molecule has 1 amide bonds. The van der Waals surface area contributed by atoms with E-state index >= 15 is 0 Å². The molecular weight excluding hydrogens is 460 g/mol. The van der Waals surface area contributed by atoms with Gasteiger partial charge in [-0.3, -0.25) is 9.59 Å². The summed E-state index contributed by atoms with van der Waals surface area (Å²) in [4.78, 5) is 34.7. The number of aliphatic hydroxyl groups is 1. The Hall–Kier alpha value is -2.94. The summed E-state index contributed by atoms with van der Waals surface area (Å²) in [7, 11) is 1.71. The van der Waals surface area contributed by atoms with E-state index in [0.29, 0.717) is 16.3 Å². The molecule has 0 radical (unpaired) electrons. The standard InChI is InChI=1S/C27H32N4O3S/c1-3-21(24(32)19-7-5-4-6-8-19)28-15-13-18-9-11-20(12-10-18)27(34)31(2)17-23-29-22-14-16-35-25(22)26(33)30-23/h4-12,21,24,28,32H,3,13-17H2,1-2H3,(H,29,30,33). The van der Waals surface area contributed by atoms with E-state index in [1.54, 1.807) is 11.9 Å². The highest BCUT2D eigenvalue weighted by Crippen LogP contribution is 2.26. The van der Waals surface area contributed by atoms with E-state index in [9.17, 15) is 14.7 Å². The average molecular weight is 493 g/mol. The molecule has 3 N–H and O–H groups in total. The van der Waals surface area contributed by atoms with Crippen LogP contribution in [-0.2, 0) is 19.4 Å². The van der Waals surface area contributed by atoms with Crippen molar-refractivity contribution in [2.45, 2.75) is 49.8 Å². The first-order chi connectivity index (χ1) is 17.0. The van der Waals surface area contributed by atoms with Gasteiger partial charge in [-0.05, 0) is 42.6 Å². The molecule has 0 saturated heterocycles. The van der Waals surface area contributed by atoms with Crippen molar-refractivity contribution < 1.29 is 9.90 Å². The summed E-state index contributed by atoms with van der Waals surface area (Å²) in [6.45, 7) is 3.04. The largest absolute Gasteiger partial charge is 0.387 e. The molecule has 1 aromatic heterocycles. The number of aromatic amines is 1. The van der Waals surface area contributed by atoms with Crippen LogP contribution < -0.4 is 10.9 Å². The number of amides is 1. The second kappa shape index (κ2) is 11.7. The number of thioether (sulfide) groups is 1. The third kappa shape index (κ3) is 6.20. The van der Waals surface area contributed by atoms with Crippen LogP contribution in [0.4, 0.5) is 0 Å². The van der Waals surface area contributed by atoms with Gasteiger partial charge in [0.15, 0.2) is 0 Å². The number of H-pyrrole nitrogens is 1. The molecule has 0 saturated carbocycles. The Morgan fingerprint density at radius 2 is 1.94 bits per heavy atom. The SMILES string of the molecule is CCC(NCCc1ccc(C(=O)N(C)Cc2nc3c(c(=O)[nH]2)SCC3)cc1)C(O)c1ccccc1. The lowest BCUT2D eigenvalue weighted by molar-refractivity contribution is 0.0781. The van der Waals surface area contributed by atoms with Gasteiger partial charge < -0.3 is 20.3 Å². The van der Waals surface area contributed by atoms with Gasteiger partial charge in [0.05, 0.1) is 23.2 Å². The fourth-order valence-corrected chi connectivity index (χ4v) is 5.29. The second-order valence-electron chi connectivity index (χ2n) is 8.82. The van der Waals surface area contributed by atoms with Crippen LogP contribution in [0.5, 0.6) is 0 Å². The molecule has 0 bridgehead atoms. The molecule has 4 rings (SSSR count). The number of fused-ring (bicyclic) bond motifs is 1. The molecular formula is C27H32N4O3S. The third-order valence-electron chi connectivity index (χ3n) is 6.30. The van der Waals surface area contributed by atoms with Crippen LogP contribution in [0.15, 0.2) is 64.3 Å². The number of benzene rings is 2. The van der Waals surface area contributed by atoms with Gasteiger partial charge in [-0.2, -0.15) is 0 Å². The molecule has 0 aliphatic carbocycles. The van der Waals surface area contributed by atoms with Gasteiger partial charge in [0.2, 0.25) is 0 Å². The van der Waals surface area contributed by atoms with Gasteiger partial charge in [0.25, 0.3) is 11.5 Å². The molecule has 3 aromatic rings. The Bertz CT molecular complexity index is 1200. The molecule has 2 unspecified atom stereocenters. The number of aryl methyl sites for hydroxylation is 1. The first kappa shape index (κ1) is 25.2. The van der Waals surface area contributed by atoms with Gasteiger partial charge >= 0.3 is 0 Å². The Kier molecular flexibility index (Phi) is 8.38. The Labute approximate surface area is 210 Å². The molecule has 0 fully saturated rings. The molecule has 1 aliphatic heterocycles. The van der Waals surface area contributed by atoms with Crippen LogP contribution in [-0.4, -0.2) is 51.3 Å². The van der Waals surface area contributed by atoms with E-state index in [0.717, 1.165) is 48.4 Å². The summed E-state index contributed by atoms with van der Waals surface area (Å²) in [6.07, 6.45) is 1.85. The summed E-state index contributed by atoms with van der Waals surface area (Å²) < 4.78 is 0. The highest BCUT2D eigenvalue weighted by atomic mass is 32.2. The van der Waals surface area contributed by atoms with Crippen molar-refractivity contribution in [2.75, 3.05) is 19.3 Å². The maximum Gasteiger partial charge on any atom is 0.264 e. The van der Waals surface area contributed by atoms with Crippen molar-refractivity contribution in [2.24, 2.45) is 0 Å². The Morgan fingerprint density at radius 1 is 1.20 bits per heavy atom. The maximum atomic E-state index is 12.9. The van der Waals surface area contributed by atoms with Crippen LogP contribution >= 0.6 is 11.8 Å². The van der Waals surface area contributed by atoms with Crippen LogP contribution in [0.25, 0.3) is 0 Å². The van der Waals surface area contributed by atoms with Gasteiger partial charge in [-0.1, -0.05) is 49.4 Å². The maximum absolute atomic E-state index is 12.9. The molecule has 184 valence electrons. The molecule has 2 aromatic carbocycles. The predicted octanol–water partition coefficient (Wildman–Crippen LogP) is 3.33. The molecule has 7 nitrogen and oxygen atoms in total. The molecule has 2 heterocycles. The van der Waals surface area contributed by atoms with Gasteiger partial charge in [-0.25, -0.2) is 4.98 Å². The normalized spacial score (nSPS) is 14.4. The van der Waals surface area contributed by atoms with E-state index in [1.807, 2.05) is 54.6 Å². The first-order valence-electron chi connectivity index (χ1n) is 12.0. The Morgan fingerprint density at radius 3 is 2.66 bits per heavy atom. The van der Waals surface area contributed by atoms with Crippen molar-refractivity contribution in [1.29, 1.82) is 0 Å². The first-order valence-corrected chi connectivity index (χ1v) is 13.0. The molecule has 0 spiro atoms. The zero-order chi connectivity index (χ0) is 24.8. The number of nitrogens with one attached hydrogen (secondary N) is 2. The van der Waals surface area contributed by atoms with E-state index in [1.165, 1.54) is 11.8 Å². The number of carbonyl (C=O) groups excluding carboxylic acids is 1. The average Bonchev–Trinajstić information content (AvgIpc) is 3.36. The topological polar surface area (TPSA) is 98.3 Å². The summed E-state index contributed by atoms with van der Waals surface area (Å²) in [6, 6.07) is 17.3. The van der Waals surface area contributed by atoms with Gasteiger partial charge in [0.1, 0.15) is 5.82 Å². The molecule has 2 atom stereocenters. The van der Waals surface area contributed by atoms with Crippen LogP contribution in [0, 0.1) is 0 Å². The molecule has 8 heteroatoms. The van der Waals surface area contributed by atoms with Crippen molar-refractivity contribution in [3.05, 3.63) is 93.2 Å². The number of hydrogen-bond donors (Lipinski definition) is 3. The lowest BCUT2D eigenvalue weighted by Crippen LogP contribution is -2.35. The van der Waals surface area contributed by atoms with E-state index in [4.69, 9.17) is 0 Å². The van der Waals surface area contributed by atoms with Crippen LogP contribution in [0.1, 0.15) is 52.5 Å². The predicted molar refractivity (Wildman–Crippen MR) is 139 cm³/mol. The zero-order valence-corrected chi connectivity index (χ0v) is 21.0. The number of carbonyl (C=O) groups is 1. The molecule has 1 aliphatic rings. The lowest BCUT2D eigenvalue weighted by atomic mass is 10.00. The summed E-state index contributed by atoms with van der Waals surface area (Å²) in [5.74, 6) is 1.26. The Balaban J connectivity index is 1.30. The van der Waals surface area contributed by atoms with Crippen molar-refractivity contribution in [3.8, 4) is 0 Å². The minimum absolute atomic E-state index is 0.0234. The fraction of sp³-hybridized carbons (Fsp3) is 0.370.